The largest absolute Gasteiger partial charge is 0.359 e. The number of piperidine rings is 1. The van der Waals surface area contributed by atoms with Crippen LogP contribution in [0, 0.1) is 0 Å². The molecule has 0 unspecified atom stereocenters. The van der Waals surface area contributed by atoms with Gasteiger partial charge in [-0.1, -0.05) is 6.92 Å². The van der Waals surface area contributed by atoms with Gasteiger partial charge in [-0.25, -0.2) is 0 Å². The van der Waals surface area contributed by atoms with Gasteiger partial charge in [0, 0.05) is 26.1 Å². The van der Waals surface area contributed by atoms with Crippen molar-refractivity contribution in [3.05, 3.63) is 0 Å². The summed E-state index contributed by atoms with van der Waals surface area (Å²) >= 11 is 0. The lowest BCUT2D eigenvalue weighted by Gasteiger charge is -2.32. The van der Waals surface area contributed by atoms with Crippen LogP contribution in [0.3, 0.4) is 0 Å². The Bertz CT molecular complexity index is 188. The van der Waals surface area contributed by atoms with Gasteiger partial charge < -0.3 is 15.5 Å². The molecular formula is C11H23N3O. The van der Waals surface area contributed by atoms with Gasteiger partial charge in [-0.15, -0.1) is 0 Å². The number of likely N-dealkylation sites (tertiary alicyclic amines) is 1. The van der Waals surface area contributed by atoms with Crippen molar-refractivity contribution in [2.24, 2.45) is 0 Å². The van der Waals surface area contributed by atoms with Crippen molar-refractivity contribution in [1.82, 2.24) is 15.5 Å². The zero-order chi connectivity index (χ0) is 11.1. The first-order valence-corrected chi connectivity index (χ1v) is 5.92. The molecule has 2 N–H and O–H groups in total. The summed E-state index contributed by atoms with van der Waals surface area (Å²) in [5.41, 5.74) is 0. The summed E-state index contributed by atoms with van der Waals surface area (Å²) in [5.74, 6) is 0.142. The maximum Gasteiger partial charge on any atom is 0.221 e. The maximum absolute atomic E-state index is 11.1. The van der Waals surface area contributed by atoms with E-state index in [1.807, 2.05) is 0 Å². The SMILES string of the molecule is CCNC1CCN(CCC(=O)NC)CC1. The Kier molecular flexibility index (Phi) is 5.65. The van der Waals surface area contributed by atoms with E-state index in [1.54, 1.807) is 7.05 Å². The van der Waals surface area contributed by atoms with Gasteiger partial charge in [-0.05, 0) is 32.5 Å². The summed E-state index contributed by atoms with van der Waals surface area (Å²) in [6.07, 6.45) is 3.05. The average molecular weight is 213 g/mol. The number of hydrogen-bond acceptors (Lipinski definition) is 3. The second-order valence-corrected chi connectivity index (χ2v) is 4.10. The van der Waals surface area contributed by atoms with Crippen LogP contribution in [0.4, 0.5) is 0 Å². The Morgan fingerprint density at radius 3 is 2.60 bits per heavy atom. The van der Waals surface area contributed by atoms with Gasteiger partial charge in [0.05, 0.1) is 0 Å². The van der Waals surface area contributed by atoms with Gasteiger partial charge in [-0.2, -0.15) is 0 Å². The van der Waals surface area contributed by atoms with Crippen molar-refractivity contribution in [3.63, 3.8) is 0 Å². The summed E-state index contributed by atoms with van der Waals surface area (Å²) in [6.45, 7) is 6.35. The molecule has 4 nitrogen and oxygen atoms in total. The smallest absolute Gasteiger partial charge is 0.221 e. The first kappa shape index (κ1) is 12.5. The monoisotopic (exact) mass is 213 g/mol. The van der Waals surface area contributed by atoms with E-state index in [0.717, 1.165) is 26.2 Å². The van der Waals surface area contributed by atoms with Crippen LogP contribution in [0.2, 0.25) is 0 Å². The zero-order valence-corrected chi connectivity index (χ0v) is 9.88. The van der Waals surface area contributed by atoms with Crippen molar-refractivity contribution >= 4 is 5.91 Å². The second-order valence-electron chi connectivity index (χ2n) is 4.10. The number of amides is 1. The standard InChI is InChI=1S/C11H23N3O/c1-3-13-10-4-7-14(8-5-10)9-6-11(15)12-2/h10,13H,3-9H2,1-2H3,(H,12,15). The van der Waals surface area contributed by atoms with Gasteiger partial charge >= 0.3 is 0 Å². The number of carbonyl (C=O) groups excluding carboxylic acids is 1. The van der Waals surface area contributed by atoms with E-state index in [1.165, 1.54) is 12.8 Å². The summed E-state index contributed by atoms with van der Waals surface area (Å²) in [6, 6.07) is 0.686. The highest BCUT2D eigenvalue weighted by atomic mass is 16.1. The molecule has 0 aromatic rings. The van der Waals surface area contributed by atoms with Crippen molar-refractivity contribution in [3.8, 4) is 0 Å². The van der Waals surface area contributed by atoms with Crippen LogP contribution < -0.4 is 10.6 Å². The second kappa shape index (κ2) is 6.80. The van der Waals surface area contributed by atoms with Crippen molar-refractivity contribution in [2.75, 3.05) is 33.2 Å². The molecule has 0 atom stereocenters. The Labute approximate surface area is 92.4 Å². The molecule has 0 aromatic carbocycles. The molecule has 0 spiro atoms. The van der Waals surface area contributed by atoms with E-state index in [2.05, 4.69) is 22.5 Å². The van der Waals surface area contributed by atoms with E-state index in [4.69, 9.17) is 0 Å². The molecule has 1 heterocycles. The summed E-state index contributed by atoms with van der Waals surface area (Å²) in [4.78, 5) is 13.4. The predicted octanol–water partition coefficient (Wildman–Crippen LogP) is 0.196. The molecule has 0 aliphatic carbocycles. The van der Waals surface area contributed by atoms with Crippen LogP contribution >= 0.6 is 0 Å². The lowest BCUT2D eigenvalue weighted by atomic mass is 10.0. The molecule has 88 valence electrons. The predicted molar refractivity (Wildman–Crippen MR) is 61.8 cm³/mol. The van der Waals surface area contributed by atoms with Crippen LogP contribution in [-0.2, 0) is 4.79 Å². The molecule has 1 aliphatic rings. The Morgan fingerprint density at radius 2 is 2.07 bits per heavy atom. The molecule has 1 aliphatic heterocycles. The molecule has 0 bridgehead atoms. The van der Waals surface area contributed by atoms with Crippen molar-refractivity contribution in [2.45, 2.75) is 32.2 Å². The lowest BCUT2D eigenvalue weighted by Crippen LogP contribution is -2.43. The van der Waals surface area contributed by atoms with Crippen molar-refractivity contribution in [1.29, 1.82) is 0 Å². The number of nitrogens with one attached hydrogen (secondary N) is 2. The third kappa shape index (κ3) is 4.62. The topological polar surface area (TPSA) is 44.4 Å². The lowest BCUT2D eigenvalue weighted by molar-refractivity contribution is -0.121. The fourth-order valence-electron chi connectivity index (χ4n) is 2.03. The molecule has 15 heavy (non-hydrogen) atoms. The molecule has 0 aromatic heterocycles. The normalized spacial score (nSPS) is 19.1. The molecule has 1 rings (SSSR count). The molecule has 1 fully saturated rings. The fourth-order valence-corrected chi connectivity index (χ4v) is 2.03. The highest BCUT2D eigenvalue weighted by Gasteiger charge is 2.18. The van der Waals surface area contributed by atoms with Crippen LogP contribution in [-0.4, -0.2) is 50.1 Å². The number of nitrogens with zero attached hydrogens (tertiary/aromatic N) is 1. The minimum Gasteiger partial charge on any atom is -0.359 e. The molecule has 1 amide bonds. The van der Waals surface area contributed by atoms with Crippen molar-refractivity contribution < 1.29 is 4.79 Å². The van der Waals surface area contributed by atoms with Crippen LogP contribution in [0.15, 0.2) is 0 Å². The Balaban J connectivity index is 2.12. The van der Waals surface area contributed by atoms with Gasteiger partial charge in [0.1, 0.15) is 0 Å². The molecule has 1 saturated heterocycles. The number of hydrogen-bond donors (Lipinski definition) is 2. The minimum absolute atomic E-state index is 0.142. The van der Waals surface area contributed by atoms with Crippen LogP contribution in [0.1, 0.15) is 26.2 Å². The summed E-state index contributed by atoms with van der Waals surface area (Å²) < 4.78 is 0. The number of rotatable bonds is 5. The maximum atomic E-state index is 11.1. The van der Waals surface area contributed by atoms with E-state index >= 15 is 0 Å². The summed E-state index contributed by atoms with van der Waals surface area (Å²) in [5, 5.41) is 6.13. The highest BCUT2D eigenvalue weighted by molar-refractivity contribution is 5.75. The Hall–Kier alpha value is -0.610. The quantitative estimate of drug-likeness (QED) is 0.685. The fraction of sp³-hybridized carbons (Fsp3) is 0.909. The molecular weight excluding hydrogens is 190 g/mol. The van der Waals surface area contributed by atoms with Gasteiger partial charge in [0.25, 0.3) is 0 Å². The Morgan fingerprint density at radius 1 is 1.40 bits per heavy atom. The van der Waals surface area contributed by atoms with Gasteiger partial charge in [-0.3, -0.25) is 4.79 Å². The minimum atomic E-state index is 0.142. The molecule has 0 radical (unpaired) electrons. The third-order valence-electron chi connectivity index (χ3n) is 3.01. The first-order chi connectivity index (χ1) is 7.26. The highest BCUT2D eigenvalue weighted by Crippen LogP contribution is 2.10. The van der Waals surface area contributed by atoms with Gasteiger partial charge in [0.15, 0.2) is 0 Å². The van der Waals surface area contributed by atoms with Crippen LogP contribution in [0.25, 0.3) is 0 Å². The molecule has 4 heteroatoms. The van der Waals surface area contributed by atoms with E-state index in [-0.39, 0.29) is 5.91 Å². The van der Waals surface area contributed by atoms with E-state index in [0.29, 0.717) is 12.5 Å². The van der Waals surface area contributed by atoms with Crippen LogP contribution in [0.5, 0.6) is 0 Å². The molecule has 0 saturated carbocycles. The van der Waals surface area contributed by atoms with E-state index < -0.39 is 0 Å². The zero-order valence-electron chi connectivity index (χ0n) is 9.88. The average Bonchev–Trinajstić information content (AvgIpc) is 2.28. The third-order valence-corrected chi connectivity index (χ3v) is 3.01. The summed E-state index contributed by atoms with van der Waals surface area (Å²) in [7, 11) is 1.69. The van der Waals surface area contributed by atoms with Gasteiger partial charge in [0.2, 0.25) is 5.91 Å². The first-order valence-electron chi connectivity index (χ1n) is 5.92. The number of carbonyl (C=O) groups is 1. The van der Waals surface area contributed by atoms with E-state index in [9.17, 15) is 4.79 Å².